The van der Waals surface area contributed by atoms with E-state index in [2.05, 4.69) is 10.6 Å². The Kier molecular flexibility index (Phi) is 7.87. The molecule has 1 atom stereocenters. The molecule has 0 heterocycles. The van der Waals surface area contributed by atoms with Gasteiger partial charge < -0.3 is 25.2 Å². The van der Waals surface area contributed by atoms with Crippen molar-refractivity contribution in [2.45, 2.75) is 39.0 Å². The summed E-state index contributed by atoms with van der Waals surface area (Å²) >= 11 is 0. The van der Waals surface area contributed by atoms with Crippen LogP contribution in [0.4, 0.5) is 4.79 Å². The summed E-state index contributed by atoms with van der Waals surface area (Å²) in [6.45, 7) is 4.92. The molecule has 8 heteroatoms. The maximum atomic E-state index is 11.7. The van der Waals surface area contributed by atoms with E-state index in [9.17, 15) is 14.4 Å². The van der Waals surface area contributed by atoms with Gasteiger partial charge in [-0.2, -0.15) is 0 Å². The standard InChI is InChI=1S/C17H24N2O6/c1-17(2,3)25-14(20)10-18-9-13(15(21)22)19-16(23)24-11-12-7-5-4-6-8-12/h4-8,13,18H,9-11H2,1-3H3,(H,19,23)(H,21,22). The first-order valence-corrected chi connectivity index (χ1v) is 7.80. The number of hydrogen-bond donors (Lipinski definition) is 3. The van der Waals surface area contributed by atoms with Gasteiger partial charge in [0, 0.05) is 6.54 Å². The van der Waals surface area contributed by atoms with E-state index in [1.54, 1.807) is 45.0 Å². The number of carbonyl (C=O) groups excluding carboxylic acids is 2. The van der Waals surface area contributed by atoms with Crippen LogP contribution >= 0.6 is 0 Å². The second-order valence-corrected chi connectivity index (χ2v) is 6.31. The van der Waals surface area contributed by atoms with Gasteiger partial charge in [0.1, 0.15) is 18.2 Å². The van der Waals surface area contributed by atoms with Gasteiger partial charge in [0.05, 0.1) is 6.54 Å². The van der Waals surface area contributed by atoms with E-state index in [0.717, 1.165) is 5.56 Å². The maximum absolute atomic E-state index is 11.7. The first-order valence-electron chi connectivity index (χ1n) is 7.80. The summed E-state index contributed by atoms with van der Waals surface area (Å²) < 4.78 is 10.1. The van der Waals surface area contributed by atoms with Crippen LogP contribution in [0.5, 0.6) is 0 Å². The molecule has 1 amide bonds. The molecule has 3 N–H and O–H groups in total. The lowest BCUT2D eigenvalue weighted by Crippen LogP contribution is -2.48. The molecule has 0 saturated heterocycles. The summed E-state index contributed by atoms with van der Waals surface area (Å²) in [7, 11) is 0. The Morgan fingerprint density at radius 1 is 1.16 bits per heavy atom. The van der Waals surface area contributed by atoms with Crippen LogP contribution in [-0.2, 0) is 25.7 Å². The van der Waals surface area contributed by atoms with E-state index < -0.39 is 29.7 Å². The number of hydrogen-bond acceptors (Lipinski definition) is 6. The van der Waals surface area contributed by atoms with Crippen LogP contribution in [0.25, 0.3) is 0 Å². The molecule has 0 aliphatic rings. The van der Waals surface area contributed by atoms with E-state index in [0.29, 0.717) is 0 Å². The number of esters is 1. The first-order chi connectivity index (χ1) is 11.7. The van der Waals surface area contributed by atoms with Gasteiger partial charge in [-0.05, 0) is 26.3 Å². The number of nitrogens with one attached hydrogen (secondary N) is 2. The molecule has 0 radical (unpaired) electrons. The summed E-state index contributed by atoms with van der Waals surface area (Å²) in [5, 5.41) is 14.0. The molecule has 138 valence electrons. The second kappa shape index (κ2) is 9.63. The number of amides is 1. The zero-order valence-corrected chi connectivity index (χ0v) is 14.6. The second-order valence-electron chi connectivity index (χ2n) is 6.31. The number of benzene rings is 1. The van der Waals surface area contributed by atoms with Gasteiger partial charge in [-0.15, -0.1) is 0 Å². The van der Waals surface area contributed by atoms with Crippen molar-refractivity contribution < 1.29 is 29.0 Å². The lowest BCUT2D eigenvalue weighted by atomic mass is 10.2. The highest BCUT2D eigenvalue weighted by molar-refractivity contribution is 5.80. The third kappa shape index (κ3) is 9.31. The third-order valence-corrected chi connectivity index (χ3v) is 2.84. The Bertz CT molecular complexity index is 583. The van der Waals surface area contributed by atoms with Crippen LogP contribution in [0.1, 0.15) is 26.3 Å². The number of carbonyl (C=O) groups is 3. The van der Waals surface area contributed by atoms with E-state index in [4.69, 9.17) is 14.6 Å². The summed E-state index contributed by atoms with van der Waals surface area (Å²) in [6.07, 6.45) is -0.852. The number of rotatable bonds is 8. The fraction of sp³-hybridized carbons (Fsp3) is 0.471. The van der Waals surface area contributed by atoms with Crippen molar-refractivity contribution in [3.8, 4) is 0 Å². The lowest BCUT2D eigenvalue weighted by Gasteiger charge is -2.20. The SMILES string of the molecule is CC(C)(C)OC(=O)CNCC(NC(=O)OCc1ccccc1)C(=O)O. The zero-order valence-electron chi connectivity index (χ0n) is 14.6. The summed E-state index contributed by atoms with van der Waals surface area (Å²) in [6, 6.07) is 7.77. The Morgan fingerprint density at radius 3 is 2.36 bits per heavy atom. The predicted molar refractivity (Wildman–Crippen MR) is 89.9 cm³/mol. The van der Waals surface area contributed by atoms with E-state index in [1.807, 2.05) is 6.07 Å². The van der Waals surface area contributed by atoms with E-state index in [1.165, 1.54) is 0 Å². The molecule has 1 aromatic rings. The average molecular weight is 352 g/mol. The fourth-order valence-electron chi connectivity index (χ4n) is 1.80. The molecule has 0 aliphatic carbocycles. The molecule has 1 unspecified atom stereocenters. The fourth-order valence-corrected chi connectivity index (χ4v) is 1.80. The van der Waals surface area contributed by atoms with Gasteiger partial charge in [-0.25, -0.2) is 9.59 Å². The van der Waals surface area contributed by atoms with Gasteiger partial charge in [0.15, 0.2) is 0 Å². The molecule has 1 aromatic carbocycles. The van der Waals surface area contributed by atoms with Gasteiger partial charge in [0.25, 0.3) is 0 Å². The highest BCUT2D eigenvalue weighted by Gasteiger charge is 2.22. The molecule has 0 aliphatic heterocycles. The Labute approximate surface area is 146 Å². The minimum absolute atomic E-state index is 0.0321. The third-order valence-electron chi connectivity index (χ3n) is 2.84. The molecule has 0 bridgehead atoms. The van der Waals surface area contributed by atoms with Gasteiger partial charge in [0.2, 0.25) is 0 Å². The average Bonchev–Trinajstić information content (AvgIpc) is 2.51. The van der Waals surface area contributed by atoms with Crippen LogP contribution in [0, 0.1) is 0 Å². The molecule has 25 heavy (non-hydrogen) atoms. The van der Waals surface area contributed by atoms with Crippen LogP contribution in [0.15, 0.2) is 30.3 Å². The quantitative estimate of drug-likeness (QED) is 0.604. The molecule has 1 rings (SSSR count). The zero-order chi connectivity index (χ0) is 18.9. The maximum Gasteiger partial charge on any atom is 0.408 e. The molecular formula is C17H24N2O6. The van der Waals surface area contributed by atoms with Crippen LogP contribution in [0.2, 0.25) is 0 Å². The Morgan fingerprint density at radius 2 is 1.80 bits per heavy atom. The Hall–Kier alpha value is -2.61. The summed E-state index contributed by atoms with van der Waals surface area (Å²) in [5.74, 6) is -1.75. The van der Waals surface area contributed by atoms with Crippen molar-refractivity contribution in [1.82, 2.24) is 10.6 Å². The van der Waals surface area contributed by atoms with Crippen molar-refractivity contribution in [2.75, 3.05) is 13.1 Å². The normalized spacial score (nSPS) is 12.1. The highest BCUT2D eigenvalue weighted by atomic mass is 16.6. The van der Waals surface area contributed by atoms with Crippen molar-refractivity contribution in [3.63, 3.8) is 0 Å². The first kappa shape index (κ1) is 20.4. The van der Waals surface area contributed by atoms with E-state index >= 15 is 0 Å². The summed E-state index contributed by atoms with van der Waals surface area (Å²) in [4.78, 5) is 34.4. The van der Waals surface area contributed by atoms with Gasteiger partial charge in [-0.3, -0.25) is 4.79 Å². The van der Waals surface area contributed by atoms with Gasteiger partial charge in [-0.1, -0.05) is 30.3 Å². The van der Waals surface area contributed by atoms with Crippen molar-refractivity contribution in [1.29, 1.82) is 0 Å². The highest BCUT2D eigenvalue weighted by Crippen LogP contribution is 2.06. The van der Waals surface area contributed by atoms with Crippen molar-refractivity contribution in [2.24, 2.45) is 0 Å². The molecule has 0 spiro atoms. The van der Waals surface area contributed by atoms with Crippen molar-refractivity contribution >= 4 is 18.0 Å². The molecular weight excluding hydrogens is 328 g/mol. The minimum atomic E-state index is -1.24. The van der Waals surface area contributed by atoms with Crippen LogP contribution < -0.4 is 10.6 Å². The topological polar surface area (TPSA) is 114 Å². The molecule has 0 saturated carbocycles. The number of carboxylic acid groups (broad SMARTS) is 1. The number of carboxylic acids is 1. The van der Waals surface area contributed by atoms with E-state index in [-0.39, 0.29) is 19.7 Å². The van der Waals surface area contributed by atoms with Crippen LogP contribution in [0.3, 0.4) is 0 Å². The predicted octanol–water partition coefficient (Wildman–Crippen LogP) is 1.30. The number of aliphatic carboxylic acids is 1. The molecule has 0 aromatic heterocycles. The summed E-state index contributed by atoms with van der Waals surface area (Å²) in [5.41, 5.74) is 0.164. The van der Waals surface area contributed by atoms with Crippen LogP contribution in [-0.4, -0.2) is 47.9 Å². The number of alkyl carbamates (subject to hydrolysis) is 1. The van der Waals surface area contributed by atoms with Gasteiger partial charge >= 0.3 is 18.0 Å². The number of ether oxygens (including phenoxy) is 2. The Balaban J connectivity index is 2.37. The molecule has 0 fully saturated rings. The largest absolute Gasteiger partial charge is 0.480 e. The monoisotopic (exact) mass is 352 g/mol. The van der Waals surface area contributed by atoms with Crippen molar-refractivity contribution in [3.05, 3.63) is 35.9 Å². The molecule has 8 nitrogen and oxygen atoms in total. The lowest BCUT2D eigenvalue weighted by molar-refractivity contribution is -0.153. The smallest absolute Gasteiger partial charge is 0.408 e. The minimum Gasteiger partial charge on any atom is -0.480 e.